The number of nitriles is 1. The van der Waals surface area contributed by atoms with Crippen molar-refractivity contribution in [1.29, 1.82) is 5.26 Å². The van der Waals surface area contributed by atoms with Crippen molar-refractivity contribution >= 4 is 0 Å². The van der Waals surface area contributed by atoms with Crippen molar-refractivity contribution < 1.29 is 9.84 Å². The summed E-state index contributed by atoms with van der Waals surface area (Å²) in [6.45, 7) is 3.93. The molecule has 1 aromatic carbocycles. The second kappa shape index (κ2) is 6.38. The molecule has 0 aliphatic rings. The third-order valence-corrected chi connectivity index (χ3v) is 3.44. The van der Waals surface area contributed by atoms with E-state index < -0.39 is 6.10 Å². The molecule has 2 aromatic rings. The topological polar surface area (TPSA) is 66.1 Å². The van der Waals surface area contributed by atoms with Gasteiger partial charge < -0.3 is 9.84 Å². The van der Waals surface area contributed by atoms with Crippen molar-refractivity contribution in [3.05, 3.63) is 47.8 Å². The first-order valence-electron chi connectivity index (χ1n) is 6.79. The Morgan fingerprint density at radius 3 is 2.67 bits per heavy atom. The molecule has 0 unspecified atom stereocenters. The molecular weight excluding hydrogens is 264 g/mol. The number of nitrogens with zero attached hydrogens (tertiary/aromatic N) is 2. The van der Waals surface area contributed by atoms with Crippen LogP contribution in [0.4, 0.5) is 0 Å². The zero-order valence-electron chi connectivity index (χ0n) is 12.4. The lowest BCUT2D eigenvalue weighted by Crippen LogP contribution is -2.07. The lowest BCUT2D eigenvalue weighted by atomic mass is 9.92. The van der Waals surface area contributed by atoms with Crippen LogP contribution in [-0.2, 0) is 0 Å². The molecule has 0 fully saturated rings. The summed E-state index contributed by atoms with van der Waals surface area (Å²) in [4.78, 5) is 4.14. The Bertz CT molecular complexity index is 675. The van der Waals surface area contributed by atoms with Crippen LogP contribution in [0.5, 0.6) is 5.75 Å². The lowest BCUT2D eigenvalue weighted by Gasteiger charge is -2.18. The van der Waals surface area contributed by atoms with Crippen molar-refractivity contribution in [2.75, 3.05) is 7.11 Å². The van der Waals surface area contributed by atoms with Gasteiger partial charge in [-0.3, -0.25) is 4.98 Å². The van der Waals surface area contributed by atoms with Gasteiger partial charge in [0.05, 0.1) is 18.8 Å². The predicted octanol–water partition coefficient (Wildman–Crippen LogP) is 3.32. The maximum absolute atomic E-state index is 10.4. The molecule has 0 radical (unpaired) electrons. The first-order valence-corrected chi connectivity index (χ1v) is 6.79. The number of aliphatic hydroxyl groups excluding tert-OH is 1. The van der Waals surface area contributed by atoms with Crippen LogP contribution in [0.1, 0.15) is 31.1 Å². The van der Waals surface area contributed by atoms with E-state index >= 15 is 0 Å². The van der Waals surface area contributed by atoms with Crippen molar-refractivity contribution in [1.82, 2.24) is 4.98 Å². The Morgan fingerprint density at radius 2 is 2.05 bits per heavy atom. The number of rotatable bonds is 4. The van der Waals surface area contributed by atoms with Crippen LogP contribution in [0.2, 0.25) is 0 Å². The maximum atomic E-state index is 10.4. The van der Waals surface area contributed by atoms with Crippen molar-refractivity contribution in [3.63, 3.8) is 0 Å². The summed E-state index contributed by atoms with van der Waals surface area (Å²) in [6, 6.07) is 9.27. The highest BCUT2D eigenvalue weighted by molar-refractivity contribution is 5.70. The number of aromatic nitrogens is 1. The van der Waals surface area contributed by atoms with Crippen LogP contribution in [0.15, 0.2) is 36.7 Å². The number of hydrogen-bond acceptors (Lipinski definition) is 4. The zero-order chi connectivity index (χ0) is 15.4. The Labute approximate surface area is 124 Å². The molecule has 0 saturated carbocycles. The van der Waals surface area contributed by atoms with E-state index in [4.69, 9.17) is 10.00 Å². The summed E-state index contributed by atoms with van der Waals surface area (Å²) in [5.41, 5.74) is 3.03. The Hall–Kier alpha value is -2.38. The summed E-state index contributed by atoms with van der Waals surface area (Å²) in [5.74, 6) is 0.621. The number of aliphatic hydroxyl groups is 1. The Balaban J connectivity index is 2.55. The molecule has 1 atom stereocenters. The van der Waals surface area contributed by atoms with Crippen molar-refractivity contribution in [2.24, 2.45) is 5.92 Å². The average Bonchev–Trinajstić information content (AvgIpc) is 2.53. The quantitative estimate of drug-likeness (QED) is 0.934. The van der Waals surface area contributed by atoms with Gasteiger partial charge >= 0.3 is 0 Å². The number of hydrogen-bond donors (Lipinski definition) is 1. The molecule has 1 heterocycles. The van der Waals surface area contributed by atoms with Crippen LogP contribution in [-0.4, -0.2) is 17.2 Å². The number of methoxy groups -OCH3 is 1. The Morgan fingerprint density at radius 1 is 1.29 bits per heavy atom. The highest BCUT2D eigenvalue weighted by Gasteiger charge is 2.17. The molecule has 0 bridgehead atoms. The van der Waals surface area contributed by atoms with E-state index in [1.54, 1.807) is 24.5 Å². The number of benzene rings is 1. The molecule has 0 amide bonds. The van der Waals surface area contributed by atoms with E-state index in [2.05, 4.69) is 11.1 Å². The molecule has 0 aliphatic carbocycles. The van der Waals surface area contributed by atoms with Crippen molar-refractivity contribution in [2.45, 2.75) is 20.0 Å². The minimum absolute atomic E-state index is 0.103. The van der Waals surface area contributed by atoms with E-state index in [1.807, 2.05) is 26.0 Å². The van der Waals surface area contributed by atoms with Crippen LogP contribution < -0.4 is 4.74 Å². The average molecular weight is 282 g/mol. The van der Waals surface area contributed by atoms with Crippen LogP contribution in [0.25, 0.3) is 11.1 Å². The molecule has 4 heteroatoms. The summed E-state index contributed by atoms with van der Waals surface area (Å²) in [7, 11) is 1.53. The second-order valence-corrected chi connectivity index (χ2v) is 5.18. The monoisotopic (exact) mass is 282 g/mol. The summed E-state index contributed by atoms with van der Waals surface area (Å²) < 4.78 is 5.24. The highest BCUT2D eigenvalue weighted by Crippen LogP contribution is 2.33. The van der Waals surface area contributed by atoms with Gasteiger partial charge in [0.1, 0.15) is 11.8 Å². The fourth-order valence-corrected chi connectivity index (χ4v) is 2.21. The minimum atomic E-state index is -0.565. The molecule has 1 N–H and O–H groups in total. The number of ether oxygens (including phenoxy) is 1. The molecular formula is C17H18N2O2. The van der Waals surface area contributed by atoms with E-state index in [-0.39, 0.29) is 5.92 Å². The van der Waals surface area contributed by atoms with Crippen LogP contribution in [0, 0.1) is 17.2 Å². The molecule has 21 heavy (non-hydrogen) atoms. The van der Waals surface area contributed by atoms with E-state index in [9.17, 15) is 5.11 Å². The Kier molecular flexibility index (Phi) is 4.56. The van der Waals surface area contributed by atoms with Gasteiger partial charge in [-0.1, -0.05) is 19.9 Å². The predicted molar refractivity (Wildman–Crippen MR) is 80.7 cm³/mol. The normalized spacial score (nSPS) is 12.0. The maximum Gasteiger partial charge on any atom is 0.137 e. The van der Waals surface area contributed by atoms with Gasteiger partial charge in [0.15, 0.2) is 0 Å². The van der Waals surface area contributed by atoms with Gasteiger partial charge in [-0.15, -0.1) is 0 Å². The minimum Gasteiger partial charge on any atom is -0.495 e. The summed E-state index contributed by atoms with van der Waals surface area (Å²) >= 11 is 0. The van der Waals surface area contributed by atoms with Gasteiger partial charge in [0, 0.05) is 18.0 Å². The zero-order valence-corrected chi connectivity index (χ0v) is 12.4. The molecule has 0 aliphatic heterocycles. The van der Waals surface area contributed by atoms with Gasteiger partial charge in [-0.25, -0.2) is 0 Å². The molecule has 4 nitrogen and oxygen atoms in total. The van der Waals surface area contributed by atoms with E-state index in [0.29, 0.717) is 11.3 Å². The third kappa shape index (κ3) is 3.04. The first kappa shape index (κ1) is 15.0. The first-order chi connectivity index (χ1) is 10.1. The summed E-state index contributed by atoms with van der Waals surface area (Å²) in [6.07, 6.45) is 2.83. The van der Waals surface area contributed by atoms with Crippen molar-refractivity contribution in [3.8, 4) is 22.9 Å². The molecule has 108 valence electrons. The van der Waals surface area contributed by atoms with Gasteiger partial charge in [-0.05, 0) is 35.2 Å². The molecule has 1 aromatic heterocycles. The summed E-state index contributed by atoms with van der Waals surface area (Å²) in [5, 5.41) is 19.4. The highest BCUT2D eigenvalue weighted by atomic mass is 16.5. The smallest absolute Gasteiger partial charge is 0.137 e. The van der Waals surface area contributed by atoms with E-state index in [0.717, 1.165) is 16.7 Å². The van der Waals surface area contributed by atoms with E-state index in [1.165, 1.54) is 7.11 Å². The van der Waals surface area contributed by atoms with Gasteiger partial charge in [0.2, 0.25) is 0 Å². The van der Waals surface area contributed by atoms with Gasteiger partial charge in [0.25, 0.3) is 0 Å². The third-order valence-electron chi connectivity index (χ3n) is 3.44. The fourth-order valence-electron chi connectivity index (χ4n) is 2.21. The van der Waals surface area contributed by atoms with Crippen LogP contribution in [0.3, 0.4) is 0 Å². The molecule has 2 rings (SSSR count). The second-order valence-electron chi connectivity index (χ2n) is 5.18. The fraction of sp³-hybridized carbons (Fsp3) is 0.294. The standard InChI is InChI=1S/C17H18N2O2/c1-11(2)17(20)14-6-7-19-10-15(14)12-4-5-13(9-18)16(8-12)21-3/h4-8,10-11,17,20H,1-3H3/t17-/m0/s1. The SMILES string of the molecule is COc1cc(-c2cnccc2[C@@H](O)C(C)C)ccc1C#N. The molecule has 0 saturated heterocycles. The number of pyridine rings is 1. The largest absolute Gasteiger partial charge is 0.495 e. The lowest BCUT2D eigenvalue weighted by molar-refractivity contribution is 0.127. The van der Waals surface area contributed by atoms with Gasteiger partial charge in [-0.2, -0.15) is 5.26 Å². The molecule has 0 spiro atoms. The van der Waals surface area contributed by atoms with Crippen LogP contribution >= 0.6 is 0 Å².